The maximum absolute atomic E-state index is 10.9. The molecule has 1 aliphatic carbocycles. The van der Waals surface area contributed by atoms with Crippen molar-refractivity contribution in [2.45, 2.75) is 59.3 Å². The molecule has 1 aliphatic rings. The van der Waals surface area contributed by atoms with E-state index < -0.39 is 0 Å². The van der Waals surface area contributed by atoms with E-state index in [-0.39, 0.29) is 0 Å². The molecule has 14 heavy (non-hydrogen) atoms. The van der Waals surface area contributed by atoms with Gasteiger partial charge in [0.05, 0.1) is 0 Å². The molecule has 0 aromatic heterocycles. The molecule has 82 valence electrons. The Morgan fingerprint density at radius 1 is 1.29 bits per heavy atom. The standard InChI is InChI=1S/C13H24O/c1-10-4-8-13(9-5-10)11(2)6-7-12(3)14/h10-11,13H,4-9H2,1-3H3. The molecule has 0 aromatic rings. The molecule has 0 aliphatic heterocycles. The molecule has 0 spiro atoms. The lowest BCUT2D eigenvalue weighted by atomic mass is 9.75. The van der Waals surface area contributed by atoms with E-state index in [0.29, 0.717) is 5.78 Å². The third kappa shape index (κ3) is 3.81. The van der Waals surface area contributed by atoms with Gasteiger partial charge in [0.2, 0.25) is 0 Å². The van der Waals surface area contributed by atoms with Gasteiger partial charge in [-0.25, -0.2) is 0 Å². The minimum Gasteiger partial charge on any atom is -0.300 e. The largest absolute Gasteiger partial charge is 0.300 e. The van der Waals surface area contributed by atoms with E-state index in [1.165, 1.54) is 25.7 Å². The molecule has 1 unspecified atom stereocenters. The summed E-state index contributed by atoms with van der Waals surface area (Å²) in [5.41, 5.74) is 0. The minimum absolute atomic E-state index is 0.348. The average Bonchev–Trinajstić information content (AvgIpc) is 2.15. The van der Waals surface area contributed by atoms with Crippen LogP contribution in [0.25, 0.3) is 0 Å². The summed E-state index contributed by atoms with van der Waals surface area (Å²) in [5.74, 6) is 2.93. The van der Waals surface area contributed by atoms with Crippen molar-refractivity contribution < 1.29 is 4.79 Å². The third-order valence-corrected chi connectivity index (χ3v) is 3.82. The molecule has 0 bridgehead atoms. The second-order valence-electron chi connectivity index (χ2n) is 5.24. The lowest BCUT2D eigenvalue weighted by Gasteiger charge is -2.30. The Morgan fingerprint density at radius 2 is 1.86 bits per heavy atom. The van der Waals surface area contributed by atoms with E-state index in [1.54, 1.807) is 6.92 Å². The molecular weight excluding hydrogens is 172 g/mol. The van der Waals surface area contributed by atoms with Gasteiger partial charge in [-0.05, 0) is 43.9 Å². The summed E-state index contributed by atoms with van der Waals surface area (Å²) < 4.78 is 0. The smallest absolute Gasteiger partial charge is 0.129 e. The quantitative estimate of drug-likeness (QED) is 0.668. The van der Waals surface area contributed by atoms with Crippen LogP contribution in [0.4, 0.5) is 0 Å². The highest BCUT2D eigenvalue weighted by atomic mass is 16.1. The van der Waals surface area contributed by atoms with Crippen molar-refractivity contribution in [2.75, 3.05) is 0 Å². The second kappa shape index (κ2) is 5.53. The molecule has 1 fully saturated rings. The predicted octanol–water partition coefficient (Wildman–Crippen LogP) is 3.82. The summed E-state index contributed by atoms with van der Waals surface area (Å²) in [6.45, 7) is 6.38. The average molecular weight is 196 g/mol. The Kier molecular flexibility index (Phi) is 4.64. The molecule has 1 saturated carbocycles. The first kappa shape index (κ1) is 11.7. The molecule has 0 saturated heterocycles. The number of ketones is 1. The molecule has 0 amide bonds. The molecule has 0 radical (unpaired) electrons. The number of Topliss-reactive ketones (excluding diaryl/α,β-unsaturated/α-hetero) is 1. The zero-order valence-electron chi connectivity index (χ0n) is 9.88. The van der Waals surface area contributed by atoms with Gasteiger partial charge in [0.25, 0.3) is 0 Å². The Morgan fingerprint density at radius 3 is 2.36 bits per heavy atom. The SMILES string of the molecule is CC(=O)CCC(C)C1CCC(C)CC1. The van der Waals surface area contributed by atoms with Crippen LogP contribution in [-0.2, 0) is 4.79 Å². The van der Waals surface area contributed by atoms with Crippen molar-refractivity contribution in [1.29, 1.82) is 0 Å². The lowest BCUT2D eigenvalue weighted by molar-refractivity contribution is -0.117. The van der Waals surface area contributed by atoms with Gasteiger partial charge in [-0.15, -0.1) is 0 Å². The minimum atomic E-state index is 0.348. The fourth-order valence-electron chi connectivity index (χ4n) is 2.52. The first-order valence-electron chi connectivity index (χ1n) is 6.09. The summed E-state index contributed by atoms with van der Waals surface area (Å²) in [5, 5.41) is 0. The van der Waals surface area contributed by atoms with Crippen LogP contribution in [0.3, 0.4) is 0 Å². The second-order valence-corrected chi connectivity index (χ2v) is 5.24. The van der Waals surface area contributed by atoms with Crippen LogP contribution < -0.4 is 0 Å². The zero-order chi connectivity index (χ0) is 10.6. The first-order chi connectivity index (χ1) is 6.59. The summed E-state index contributed by atoms with van der Waals surface area (Å²) in [6, 6.07) is 0. The maximum Gasteiger partial charge on any atom is 0.129 e. The van der Waals surface area contributed by atoms with Gasteiger partial charge in [-0.3, -0.25) is 0 Å². The summed E-state index contributed by atoms with van der Waals surface area (Å²) in [6.07, 6.45) is 7.46. The highest BCUT2D eigenvalue weighted by Gasteiger charge is 2.22. The molecule has 0 heterocycles. The maximum atomic E-state index is 10.9. The van der Waals surface area contributed by atoms with Gasteiger partial charge in [0, 0.05) is 6.42 Å². The van der Waals surface area contributed by atoms with Gasteiger partial charge < -0.3 is 4.79 Å². The van der Waals surface area contributed by atoms with Gasteiger partial charge >= 0.3 is 0 Å². The van der Waals surface area contributed by atoms with E-state index in [9.17, 15) is 4.79 Å². The molecular formula is C13H24O. The highest BCUT2D eigenvalue weighted by molar-refractivity contribution is 5.75. The topological polar surface area (TPSA) is 17.1 Å². The molecule has 1 nitrogen and oxygen atoms in total. The van der Waals surface area contributed by atoms with Gasteiger partial charge in [-0.2, -0.15) is 0 Å². The monoisotopic (exact) mass is 196 g/mol. The molecule has 0 N–H and O–H groups in total. The Bertz CT molecular complexity index is 178. The van der Waals surface area contributed by atoms with E-state index in [4.69, 9.17) is 0 Å². The Hall–Kier alpha value is -0.330. The number of carbonyl (C=O) groups is 1. The van der Waals surface area contributed by atoms with Crippen LogP contribution in [0, 0.1) is 17.8 Å². The van der Waals surface area contributed by atoms with Crippen LogP contribution in [-0.4, -0.2) is 5.78 Å². The number of hydrogen-bond acceptors (Lipinski definition) is 1. The molecule has 1 rings (SSSR count). The van der Waals surface area contributed by atoms with Crippen LogP contribution in [0.15, 0.2) is 0 Å². The van der Waals surface area contributed by atoms with Crippen molar-refractivity contribution in [3.63, 3.8) is 0 Å². The van der Waals surface area contributed by atoms with Crippen molar-refractivity contribution in [3.05, 3.63) is 0 Å². The van der Waals surface area contributed by atoms with Crippen molar-refractivity contribution in [2.24, 2.45) is 17.8 Å². The summed E-state index contributed by atoms with van der Waals surface area (Å²) >= 11 is 0. The molecule has 0 aromatic carbocycles. The van der Waals surface area contributed by atoms with Crippen LogP contribution in [0.5, 0.6) is 0 Å². The molecule has 1 atom stereocenters. The van der Waals surface area contributed by atoms with E-state index >= 15 is 0 Å². The van der Waals surface area contributed by atoms with Crippen LogP contribution >= 0.6 is 0 Å². The van der Waals surface area contributed by atoms with E-state index in [0.717, 1.165) is 30.6 Å². The van der Waals surface area contributed by atoms with Gasteiger partial charge in [0.1, 0.15) is 5.78 Å². The van der Waals surface area contributed by atoms with Gasteiger partial charge in [0.15, 0.2) is 0 Å². The van der Waals surface area contributed by atoms with Crippen LogP contribution in [0.2, 0.25) is 0 Å². The number of rotatable bonds is 4. The fraction of sp³-hybridized carbons (Fsp3) is 0.923. The zero-order valence-corrected chi connectivity index (χ0v) is 9.88. The predicted molar refractivity (Wildman–Crippen MR) is 60.2 cm³/mol. The number of hydrogen-bond donors (Lipinski definition) is 0. The Balaban J connectivity index is 2.23. The van der Waals surface area contributed by atoms with Crippen molar-refractivity contribution in [1.82, 2.24) is 0 Å². The summed E-state index contributed by atoms with van der Waals surface area (Å²) in [7, 11) is 0. The highest BCUT2D eigenvalue weighted by Crippen LogP contribution is 2.34. The lowest BCUT2D eigenvalue weighted by Crippen LogP contribution is -2.19. The fourth-order valence-corrected chi connectivity index (χ4v) is 2.52. The van der Waals surface area contributed by atoms with Crippen LogP contribution in [0.1, 0.15) is 59.3 Å². The third-order valence-electron chi connectivity index (χ3n) is 3.82. The van der Waals surface area contributed by atoms with Gasteiger partial charge in [-0.1, -0.05) is 26.7 Å². The number of carbonyl (C=O) groups excluding carboxylic acids is 1. The van der Waals surface area contributed by atoms with Crippen molar-refractivity contribution in [3.8, 4) is 0 Å². The van der Waals surface area contributed by atoms with Crippen molar-refractivity contribution >= 4 is 5.78 Å². The van der Waals surface area contributed by atoms with E-state index in [2.05, 4.69) is 13.8 Å². The normalized spacial score (nSPS) is 29.9. The Labute approximate surface area is 88.3 Å². The summed E-state index contributed by atoms with van der Waals surface area (Å²) in [4.78, 5) is 10.9. The van der Waals surface area contributed by atoms with E-state index in [1.807, 2.05) is 0 Å². The molecule has 1 heteroatoms. The first-order valence-corrected chi connectivity index (χ1v) is 6.09.